The summed E-state index contributed by atoms with van der Waals surface area (Å²) in [5.74, 6) is -0.931. The van der Waals surface area contributed by atoms with Crippen LogP contribution in [-0.4, -0.2) is 17.6 Å². The SMILES string of the molecule is COC(=O)C1=C(C)N=c2s/c(=C\c3ccc(F)cc3)c(=O)n2C1c1ccccc1Cl. The number of hydrogen-bond acceptors (Lipinski definition) is 5. The van der Waals surface area contributed by atoms with Crippen molar-refractivity contribution in [1.29, 1.82) is 0 Å². The van der Waals surface area contributed by atoms with E-state index in [2.05, 4.69) is 4.99 Å². The first-order chi connectivity index (χ1) is 14.4. The van der Waals surface area contributed by atoms with E-state index in [0.717, 1.165) is 0 Å². The first-order valence-corrected chi connectivity index (χ1v) is 10.2. The predicted octanol–water partition coefficient (Wildman–Crippen LogP) is 3.20. The molecule has 1 aliphatic heterocycles. The van der Waals surface area contributed by atoms with Crippen molar-refractivity contribution in [3.63, 3.8) is 0 Å². The second kappa shape index (κ2) is 8.01. The summed E-state index contributed by atoms with van der Waals surface area (Å²) in [6.07, 6.45) is 1.67. The van der Waals surface area contributed by atoms with Gasteiger partial charge in [-0.1, -0.05) is 53.3 Å². The highest BCUT2D eigenvalue weighted by molar-refractivity contribution is 7.07. The van der Waals surface area contributed by atoms with Gasteiger partial charge >= 0.3 is 5.97 Å². The molecule has 0 saturated heterocycles. The van der Waals surface area contributed by atoms with Crippen LogP contribution in [0.25, 0.3) is 6.08 Å². The Labute approximate surface area is 180 Å². The molecule has 1 atom stereocenters. The number of rotatable bonds is 3. The van der Waals surface area contributed by atoms with E-state index in [1.807, 2.05) is 0 Å². The smallest absolute Gasteiger partial charge is 0.338 e. The van der Waals surface area contributed by atoms with E-state index in [1.165, 1.54) is 35.1 Å². The molecule has 4 rings (SSSR count). The number of nitrogens with zero attached hydrogens (tertiary/aromatic N) is 2. The van der Waals surface area contributed by atoms with Crippen molar-refractivity contribution in [3.8, 4) is 0 Å². The molecule has 0 amide bonds. The van der Waals surface area contributed by atoms with Gasteiger partial charge in [0.25, 0.3) is 5.56 Å². The summed E-state index contributed by atoms with van der Waals surface area (Å²) < 4.78 is 20.0. The predicted molar refractivity (Wildman–Crippen MR) is 114 cm³/mol. The van der Waals surface area contributed by atoms with Crippen LogP contribution in [0.3, 0.4) is 0 Å². The molecule has 1 aromatic heterocycles. The van der Waals surface area contributed by atoms with Gasteiger partial charge < -0.3 is 4.74 Å². The maximum atomic E-state index is 13.3. The standard InChI is InChI=1S/C22H16ClFN2O3S/c1-12-18(21(28)29-2)19(15-5-3-4-6-16(15)23)26-20(27)17(30-22(26)25-12)11-13-7-9-14(24)10-8-13/h3-11,19H,1-2H3/b17-11-. The molecule has 30 heavy (non-hydrogen) atoms. The minimum atomic E-state index is -0.766. The minimum Gasteiger partial charge on any atom is -0.466 e. The molecular formula is C22H16ClFN2O3S. The van der Waals surface area contributed by atoms with E-state index in [4.69, 9.17) is 16.3 Å². The quantitative estimate of drug-likeness (QED) is 0.585. The Balaban J connectivity index is 2.00. The molecule has 0 bridgehead atoms. The van der Waals surface area contributed by atoms with E-state index < -0.39 is 12.0 Å². The van der Waals surface area contributed by atoms with E-state index in [-0.39, 0.29) is 16.9 Å². The number of allylic oxidation sites excluding steroid dienone is 1. The van der Waals surface area contributed by atoms with Gasteiger partial charge in [0.2, 0.25) is 0 Å². The van der Waals surface area contributed by atoms with Gasteiger partial charge in [0, 0.05) is 5.02 Å². The van der Waals surface area contributed by atoms with Crippen LogP contribution in [0.5, 0.6) is 0 Å². The van der Waals surface area contributed by atoms with Crippen molar-refractivity contribution in [2.45, 2.75) is 13.0 Å². The maximum Gasteiger partial charge on any atom is 0.338 e. The highest BCUT2D eigenvalue weighted by Crippen LogP contribution is 2.34. The van der Waals surface area contributed by atoms with Crippen LogP contribution in [0.4, 0.5) is 4.39 Å². The van der Waals surface area contributed by atoms with Gasteiger partial charge in [0.1, 0.15) is 11.9 Å². The average molecular weight is 443 g/mol. The lowest BCUT2D eigenvalue weighted by atomic mass is 9.96. The fourth-order valence-corrected chi connectivity index (χ4v) is 4.68. The number of halogens is 2. The second-order valence-electron chi connectivity index (χ2n) is 6.65. The van der Waals surface area contributed by atoms with Gasteiger partial charge in [-0.3, -0.25) is 9.36 Å². The molecule has 0 spiro atoms. The van der Waals surface area contributed by atoms with Crippen molar-refractivity contribution in [1.82, 2.24) is 4.57 Å². The zero-order chi connectivity index (χ0) is 21.4. The molecule has 0 radical (unpaired) electrons. The molecule has 1 unspecified atom stereocenters. The molecule has 0 N–H and O–H groups in total. The zero-order valence-corrected chi connectivity index (χ0v) is 17.6. The van der Waals surface area contributed by atoms with E-state index in [0.29, 0.717) is 31.2 Å². The van der Waals surface area contributed by atoms with Gasteiger partial charge in [-0.2, -0.15) is 0 Å². The third-order valence-corrected chi connectivity index (χ3v) is 6.12. The van der Waals surface area contributed by atoms with Crippen molar-refractivity contribution < 1.29 is 13.9 Å². The first-order valence-electron chi connectivity index (χ1n) is 9.01. The largest absolute Gasteiger partial charge is 0.466 e. The lowest BCUT2D eigenvalue weighted by Gasteiger charge is -2.25. The van der Waals surface area contributed by atoms with E-state index >= 15 is 0 Å². The number of methoxy groups -OCH3 is 1. The number of fused-ring (bicyclic) bond motifs is 1. The number of benzene rings is 2. The number of carbonyl (C=O) groups excluding carboxylic acids is 1. The summed E-state index contributed by atoms with van der Waals surface area (Å²) in [4.78, 5) is 30.8. The van der Waals surface area contributed by atoms with Crippen LogP contribution in [0.2, 0.25) is 5.02 Å². The molecule has 8 heteroatoms. The van der Waals surface area contributed by atoms with Crippen LogP contribution < -0.4 is 14.9 Å². The summed E-state index contributed by atoms with van der Waals surface area (Å²) in [5.41, 5.74) is 1.68. The molecule has 152 valence electrons. The highest BCUT2D eigenvalue weighted by Gasteiger charge is 2.34. The topological polar surface area (TPSA) is 60.7 Å². The van der Waals surface area contributed by atoms with Gasteiger partial charge in [-0.15, -0.1) is 0 Å². The third kappa shape index (κ3) is 3.51. The highest BCUT2D eigenvalue weighted by atomic mass is 35.5. The summed E-state index contributed by atoms with van der Waals surface area (Å²) in [6, 6.07) is 12.1. The molecule has 2 aromatic carbocycles. The van der Waals surface area contributed by atoms with Crippen molar-refractivity contribution in [3.05, 3.63) is 101 Å². The van der Waals surface area contributed by atoms with Crippen LogP contribution in [0, 0.1) is 5.82 Å². The Morgan fingerprint density at radius 1 is 1.23 bits per heavy atom. The maximum absolute atomic E-state index is 13.3. The monoisotopic (exact) mass is 442 g/mol. The van der Waals surface area contributed by atoms with Gasteiger partial charge in [0.05, 0.1) is 22.9 Å². The summed E-state index contributed by atoms with van der Waals surface area (Å²) in [7, 11) is 1.28. The van der Waals surface area contributed by atoms with Gasteiger partial charge in [0.15, 0.2) is 4.80 Å². The Kier molecular flexibility index (Phi) is 5.40. The minimum absolute atomic E-state index is 0.256. The number of esters is 1. The number of ether oxygens (including phenoxy) is 1. The fraction of sp³-hybridized carbons (Fsp3) is 0.136. The van der Waals surface area contributed by atoms with Crippen LogP contribution in [0.1, 0.15) is 24.1 Å². The Morgan fingerprint density at radius 3 is 2.60 bits per heavy atom. The third-order valence-electron chi connectivity index (χ3n) is 4.79. The number of carbonyl (C=O) groups is 1. The van der Waals surface area contributed by atoms with Gasteiger partial charge in [-0.05, 0) is 42.3 Å². The normalized spacial score (nSPS) is 16.3. The molecule has 0 aliphatic carbocycles. The van der Waals surface area contributed by atoms with Gasteiger partial charge in [-0.25, -0.2) is 14.2 Å². The molecule has 0 fully saturated rings. The lowest BCUT2D eigenvalue weighted by molar-refractivity contribution is -0.136. The number of aromatic nitrogens is 1. The molecule has 1 aliphatic rings. The number of hydrogen-bond donors (Lipinski definition) is 0. The second-order valence-corrected chi connectivity index (χ2v) is 8.06. The number of thiazole rings is 1. The Hall–Kier alpha value is -3.03. The van der Waals surface area contributed by atoms with Crippen molar-refractivity contribution in [2.75, 3.05) is 7.11 Å². The molecule has 5 nitrogen and oxygen atoms in total. The molecule has 3 aromatic rings. The molecule has 0 saturated carbocycles. The van der Waals surface area contributed by atoms with Crippen molar-refractivity contribution in [2.24, 2.45) is 4.99 Å². The summed E-state index contributed by atoms with van der Waals surface area (Å²) in [6.45, 7) is 1.70. The van der Waals surface area contributed by atoms with Crippen LogP contribution in [-0.2, 0) is 9.53 Å². The van der Waals surface area contributed by atoms with E-state index in [9.17, 15) is 14.0 Å². The van der Waals surface area contributed by atoms with Crippen LogP contribution in [0.15, 0.2) is 69.6 Å². The first kappa shape index (κ1) is 20.3. The summed E-state index contributed by atoms with van der Waals surface area (Å²) in [5, 5.41) is 0.423. The fourth-order valence-electron chi connectivity index (χ4n) is 3.39. The lowest BCUT2D eigenvalue weighted by Crippen LogP contribution is -2.39. The average Bonchev–Trinajstić information content (AvgIpc) is 3.03. The molecular weight excluding hydrogens is 427 g/mol. The summed E-state index contributed by atoms with van der Waals surface area (Å²) >= 11 is 7.62. The van der Waals surface area contributed by atoms with Crippen LogP contribution >= 0.6 is 22.9 Å². The zero-order valence-electron chi connectivity index (χ0n) is 16.1. The Morgan fingerprint density at radius 2 is 1.93 bits per heavy atom. The van der Waals surface area contributed by atoms with E-state index in [1.54, 1.807) is 49.4 Å². The van der Waals surface area contributed by atoms with Crippen molar-refractivity contribution >= 4 is 35.0 Å². The Bertz CT molecular complexity index is 1360. The molecule has 2 heterocycles.